The number of aromatic nitrogens is 2. The Hall–Kier alpha value is -5.20. The number of nitrogens with one attached hydrogen (secondary N) is 1. The summed E-state index contributed by atoms with van der Waals surface area (Å²) in [6, 6.07) is 4.28. The van der Waals surface area contributed by atoms with Gasteiger partial charge in [-0.2, -0.15) is 23.7 Å². The number of piperazine rings is 2. The average Bonchev–Trinajstić information content (AvgIpc) is 4.12. The number of hydrogen-bond acceptors (Lipinski definition) is 11. The van der Waals surface area contributed by atoms with Crippen LogP contribution in [0.3, 0.4) is 0 Å². The van der Waals surface area contributed by atoms with Gasteiger partial charge in [0.05, 0.1) is 59.0 Å². The molecule has 0 spiro atoms. The molecule has 2 saturated heterocycles. The van der Waals surface area contributed by atoms with E-state index in [-0.39, 0.29) is 68.3 Å². The van der Waals surface area contributed by atoms with Crippen molar-refractivity contribution in [1.82, 2.24) is 25.1 Å². The van der Waals surface area contributed by atoms with Crippen LogP contribution in [0, 0.1) is 40.4 Å². The SMILES string of the molecule is CC(CC1CC1c1nc(N2CCN(C(=O)CC(F)(F)F)C(C3CC3)C2)c(C#N)c2c1COC(C)(C)C2)[C@@H]1CN(c2nc(C3CC3)c3c(c2C#N)CC(C)(C)OC3)CCN1C(=O)CCNC(=O)O. The number of carboxylic acid groups (broad SMARTS) is 1. The van der Waals surface area contributed by atoms with Crippen LogP contribution in [0.25, 0.3) is 0 Å². The lowest BCUT2D eigenvalue weighted by atomic mass is 9.86. The summed E-state index contributed by atoms with van der Waals surface area (Å²) in [4.78, 5) is 56.3. The molecule has 15 nitrogen and oxygen atoms in total. The lowest BCUT2D eigenvalue weighted by Gasteiger charge is -2.45. The van der Waals surface area contributed by atoms with Crippen molar-refractivity contribution in [2.75, 3.05) is 55.6 Å². The number of ether oxygens (including phenoxy) is 2. The van der Waals surface area contributed by atoms with Gasteiger partial charge < -0.3 is 39.5 Å². The minimum atomic E-state index is -4.60. The van der Waals surface area contributed by atoms with E-state index in [9.17, 15) is 43.2 Å². The van der Waals surface area contributed by atoms with Crippen LogP contribution in [0.15, 0.2) is 0 Å². The van der Waals surface area contributed by atoms with Gasteiger partial charge in [0, 0.05) is 88.0 Å². The van der Waals surface area contributed by atoms with Crippen LogP contribution >= 0.6 is 0 Å². The number of nitrogens with zero attached hydrogens (tertiary/aromatic N) is 8. The van der Waals surface area contributed by atoms with Crippen molar-refractivity contribution in [3.05, 3.63) is 44.8 Å². The highest BCUT2D eigenvalue weighted by molar-refractivity contribution is 5.79. The van der Waals surface area contributed by atoms with E-state index >= 15 is 0 Å². The summed E-state index contributed by atoms with van der Waals surface area (Å²) in [7, 11) is 0. The third kappa shape index (κ3) is 9.89. The molecule has 3 saturated carbocycles. The van der Waals surface area contributed by atoms with Gasteiger partial charge in [-0.15, -0.1) is 0 Å². The topological polar surface area (TPSA) is 188 Å². The molecule has 9 rings (SSSR count). The van der Waals surface area contributed by atoms with Crippen molar-refractivity contribution in [2.24, 2.45) is 17.8 Å². The average molecular weight is 930 g/mol. The summed E-state index contributed by atoms with van der Waals surface area (Å²) in [5.74, 6) is 0.709. The fourth-order valence-electron chi connectivity index (χ4n) is 11.4. The number of anilines is 2. The van der Waals surface area contributed by atoms with Crippen LogP contribution in [0.2, 0.25) is 0 Å². The molecule has 18 heteroatoms. The smallest absolute Gasteiger partial charge is 0.404 e. The van der Waals surface area contributed by atoms with E-state index < -0.39 is 41.8 Å². The number of halogens is 3. The lowest BCUT2D eigenvalue weighted by molar-refractivity contribution is -0.163. The Morgan fingerprint density at radius 2 is 1.39 bits per heavy atom. The second kappa shape index (κ2) is 17.7. The van der Waals surface area contributed by atoms with Crippen LogP contribution in [0.1, 0.15) is 143 Å². The maximum Gasteiger partial charge on any atom is 0.404 e. The van der Waals surface area contributed by atoms with E-state index in [1.54, 1.807) is 0 Å². The number of carbonyl (C=O) groups excluding carboxylic acids is 2. The van der Waals surface area contributed by atoms with Crippen LogP contribution in [-0.4, -0.2) is 118 Å². The minimum Gasteiger partial charge on any atom is -0.465 e. The van der Waals surface area contributed by atoms with E-state index in [0.29, 0.717) is 74.3 Å². The van der Waals surface area contributed by atoms with Crippen LogP contribution in [0.4, 0.5) is 29.6 Å². The number of alkyl halides is 3. The van der Waals surface area contributed by atoms with Gasteiger partial charge in [0.15, 0.2) is 0 Å². The van der Waals surface area contributed by atoms with E-state index in [4.69, 9.17) is 19.4 Å². The number of nitriles is 2. The minimum absolute atomic E-state index is 0.00918. The fraction of sp³-hybridized carbons (Fsp3) is 0.694. The summed E-state index contributed by atoms with van der Waals surface area (Å²) in [6.45, 7) is 12.8. The molecule has 67 heavy (non-hydrogen) atoms. The highest BCUT2D eigenvalue weighted by Gasteiger charge is 2.49. The first kappa shape index (κ1) is 46.9. The van der Waals surface area contributed by atoms with Gasteiger partial charge in [0.1, 0.15) is 30.2 Å². The van der Waals surface area contributed by atoms with Gasteiger partial charge in [-0.3, -0.25) is 9.59 Å². The highest BCUT2D eigenvalue weighted by Crippen LogP contribution is 2.54. The molecule has 4 unspecified atom stereocenters. The second-order valence-corrected chi connectivity index (χ2v) is 21.4. The summed E-state index contributed by atoms with van der Waals surface area (Å²) < 4.78 is 52.7. The largest absolute Gasteiger partial charge is 0.465 e. The maximum atomic E-state index is 14.0. The molecule has 0 bridgehead atoms. The molecule has 2 N–H and O–H groups in total. The Bertz CT molecular complexity index is 2410. The molecular formula is C49H62F3N9O6. The molecule has 5 atom stereocenters. The van der Waals surface area contributed by atoms with Gasteiger partial charge in [-0.05, 0) is 95.1 Å². The van der Waals surface area contributed by atoms with Gasteiger partial charge in [-0.1, -0.05) is 6.92 Å². The predicted octanol–water partition coefficient (Wildman–Crippen LogP) is 6.68. The van der Waals surface area contributed by atoms with Crippen molar-refractivity contribution < 1.29 is 42.1 Å². The molecule has 4 aliphatic heterocycles. The van der Waals surface area contributed by atoms with Crippen molar-refractivity contribution in [1.29, 1.82) is 10.5 Å². The number of amides is 3. The molecule has 0 aromatic carbocycles. The second-order valence-electron chi connectivity index (χ2n) is 21.4. The van der Waals surface area contributed by atoms with Crippen molar-refractivity contribution >= 4 is 29.5 Å². The number of carbonyl (C=O) groups is 3. The highest BCUT2D eigenvalue weighted by atomic mass is 19.4. The van der Waals surface area contributed by atoms with E-state index in [0.717, 1.165) is 72.2 Å². The predicted molar refractivity (Wildman–Crippen MR) is 239 cm³/mol. The normalized spacial score (nSPS) is 25.9. The molecule has 3 aliphatic carbocycles. The monoisotopic (exact) mass is 929 g/mol. The zero-order valence-electron chi connectivity index (χ0n) is 39.2. The van der Waals surface area contributed by atoms with Gasteiger partial charge in [0.25, 0.3) is 0 Å². The maximum absolute atomic E-state index is 14.0. The Kier molecular flexibility index (Phi) is 12.4. The van der Waals surface area contributed by atoms with Crippen molar-refractivity contribution in [2.45, 2.75) is 153 Å². The Balaban J connectivity index is 0.998. The molecule has 2 aromatic rings. The van der Waals surface area contributed by atoms with Gasteiger partial charge >= 0.3 is 12.3 Å². The molecule has 0 radical (unpaired) electrons. The number of fused-ring (bicyclic) bond motifs is 2. The summed E-state index contributed by atoms with van der Waals surface area (Å²) in [5, 5.41) is 33.1. The number of rotatable bonds is 12. The summed E-state index contributed by atoms with van der Waals surface area (Å²) in [5.41, 5.74) is 5.72. The zero-order chi connectivity index (χ0) is 47.7. The summed E-state index contributed by atoms with van der Waals surface area (Å²) >= 11 is 0. The van der Waals surface area contributed by atoms with Crippen LogP contribution < -0.4 is 15.1 Å². The van der Waals surface area contributed by atoms with E-state index in [1.807, 2.05) is 37.5 Å². The van der Waals surface area contributed by atoms with E-state index in [2.05, 4.69) is 29.3 Å². The first-order valence-electron chi connectivity index (χ1n) is 24.1. The third-order valence-electron chi connectivity index (χ3n) is 15.3. The molecule has 2 aromatic heterocycles. The Labute approximate surface area is 389 Å². The zero-order valence-corrected chi connectivity index (χ0v) is 39.2. The number of pyridine rings is 2. The molecule has 360 valence electrons. The summed E-state index contributed by atoms with van der Waals surface area (Å²) in [6.07, 6.45) is -0.909. The fourth-order valence-corrected chi connectivity index (χ4v) is 11.4. The van der Waals surface area contributed by atoms with Crippen LogP contribution in [0.5, 0.6) is 0 Å². The molecular weight excluding hydrogens is 868 g/mol. The van der Waals surface area contributed by atoms with Crippen LogP contribution in [-0.2, 0) is 45.1 Å². The van der Waals surface area contributed by atoms with Crippen molar-refractivity contribution in [3.8, 4) is 12.1 Å². The lowest BCUT2D eigenvalue weighted by Crippen LogP contribution is -2.58. The third-order valence-corrected chi connectivity index (χ3v) is 15.3. The molecule has 7 aliphatic rings. The Morgan fingerprint density at radius 1 is 0.821 bits per heavy atom. The first-order valence-corrected chi connectivity index (χ1v) is 24.1. The molecule has 3 amide bonds. The Morgan fingerprint density at radius 3 is 1.94 bits per heavy atom. The molecule has 5 fully saturated rings. The number of hydrogen-bond donors (Lipinski definition) is 2. The van der Waals surface area contributed by atoms with Gasteiger partial charge in [0.2, 0.25) is 11.8 Å². The standard InChI is InChI=1S/C49H62F3N9O6/c1-27(38-23-58(12-14-60(38)40(62)10-11-55-46(64)65)44-34(21-53)32-18-47(2,3)66-25-36(32)42(56-44)29-8-9-29)16-30-17-31(30)43-37-26-67-48(4,5)19-33(37)35(22-54)45(57-43)59-13-15-61(39(24-59)28-6-7-28)41(63)20-49(50,51)52/h27-31,38-39,55H,6-20,23-26H2,1-5H3,(H,64,65)/t27?,30?,31?,38-,39?/m0/s1. The van der Waals surface area contributed by atoms with Gasteiger partial charge in [-0.25, -0.2) is 14.8 Å². The van der Waals surface area contributed by atoms with Crippen molar-refractivity contribution in [3.63, 3.8) is 0 Å². The first-order chi connectivity index (χ1) is 31.7. The quantitative estimate of drug-likeness (QED) is 0.230. The van der Waals surface area contributed by atoms with E-state index in [1.165, 1.54) is 4.90 Å². The molecule has 6 heterocycles.